The number of aromatic nitrogens is 3. The van der Waals surface area contributed by atoms with Crippen LogP contribution >= 0.6 is 0 Å². The molecule has 134 valence electrons. The van der Waals surface area contributed by atoms with Crippen LogP contribution < -0.4 is 5.32 Å². The van der Waals surface area contributed by atoms with E-state index in [0.717, 1.165) is 0 Å². The van der Waals surface area contributed by atoms with Crippen LogP contribution in [0.5, 0.6) is 5.75 Å². The van der Waals surface area contributed by atoms with Crippen LogP contribution in [0.2, 0.25) is 0 Å². The van der Waals surface area contributed by atoms with E-state index in [9.17, 15) is 9.90 Å². The highest BCUT2D eigenvalue weighted by Gasteiger charge is 2.17. The first-order valence-corrected chi connectivity index (χ1v) is 7.90. The van der Waals surface area contributed by atoms with Crippen molar-refractivity contribution in [1.29, 1.82) is 0 Å². The van der Waals surface area contributed by atoms with Gasteiger partial charge >= 0.3 is 6.09 Å². The molecule has 0 aliphatic carbocycles. The molecule has 0 spiro atoms. The van der Waals surface area contributed by atoms with E-state index in [1.54, 1.807) is 51.1 Å². The number of carbonyl (C=O) groups is 1. The predicted octanol–water partition coefficient (Wildman–Crippen LogP) is 3.85. The Balaban J connectivity index is 1.81. The largest absolute Gasteiger partial charge is 0.506 e. The quantitative estimate of drug-likeness (QED) is 0.735. The van der Waals surface area contributed by atoms with E-state index < -0.39 is 11.7 Å². The highest BCUT2D eigenvalue weighted by Crippen LogP contribution is 2.27. The number of carbonyl (C=O) groups excluding carboxylic acids is 1. The maximum Gasteiger partial charge on any atom is 0.412 e. The number of aromatic hydroxyl groups is 1. The fourth-order valence-corrected chi connectivity index (χ4v) is 2.16. The van der Waals surface area contributed by atoms with Gasteiger partial charge in [0.25, 0.3) is 5.89 Å². The van der Waals surface area contributed by atoms with Crippen molar-refractivity contribution in [3.05, 3.63) is 42.6 Å². The van der Waals surface area contributed by atoms with Gasteiger partial charge < -0.3 is 14.4 Å². The molecule has 0 aliphatic heterocycles. The van der Waals surface area contributed by atoms with Crippen LogP contribution in [0.4, 0.5) is 10.5 Å². The minimum absolute atomic E-state index is 0.0415. The summed E-state index contributed by atoms with van der Waals surface area (Å²) in [5, 5.41) is 16.3. The summed E-state index contributed by atoms with van der Waals surface area (Å²) in [6.45, 7) is 5.36. The van der Waals surface area contributed by atoms with E-state index in [1.165, 1.54) is 12.3 Å². The van der Waals surface area contributed by atoms with Crippen LogP contribution in [0, 0.1) is 0 Å². The Morgan fingerprint density at radius 1 is 1.23 bits per heavy atom. The van der Waals surface area contributed by atoms with Crippen LogP contribution in [0.15, 0.2) is 47.1 Å². The van der Waals surface area contributed by atoms with Crippen molar-refractivity contribution in [2.45, 2.75) is 26.4 Å². The molecule has 0 radical (unpaired) electrons. The molecule has 2 N–H and O–H groups in total. The first kappa shape index (κ1) is 17.4. The summed E-state index contributed by atoms with van der Waals surface area (Å²) in [5.74, 6) is 0.363. The Kier molecular flexibility index (Phi) is 4.57. The Bertz CT molecular complexity index is 931. The SMILES string of the molecule is CC(C)(C)OC(=O)Nc1cccc(-c2nc(-c3ncccc3O)no2)c1. The Hall–Kier alpha value is -3.42. The third kappa shape index (κ3) is 4.15. The van der Waals surface area contributed by atoms with Gasteiger partial charge in [-0.3, -0.25) is 5.32 Å². The number of rotatable bonds is 3. The fourth-order valence-electron chi connectivity index (χ4n) is 2.16. The molecule has 8 heteroatoms. The van der Waals surface area contributed by atoms with Gasteiger partial charge in [-0.2, -0.15) is 4.98 Å². The maximum absolute atomic E-state index is 11.9. The first-order chi connectivity index (χ1) is 12.3. The molecular formula is C18H18N4O4. The standard InChI is InChI=1S/C18H18N4O4/c1-18(2,3)25-17(24)20-12-7-4-6-11(10-12)16-21-15(22-26-16)14-13(23)8-5-9-19-14/h4-10,23H,1-3H3,(H,20,24). The Morgan fingerprint density at radius 2 is 2.04 bits per heavy atom. The highest BCUT2D eigenvalue weighted by atomic mass is 16.6. The summed E-state index contributed by atoms with van der Waals surface area (Å²) in [7, 11) is 0. The lowest BCUT2D eigenvalue weighted by Crippen LogP contribution is -2.27. The van der Waals surface area contributed by atoms with Crippen molar-refractivity contribution in [2.24, 2.45) is 0 Å². The molecule has 1 amide bonds. The average Bonchev–Trinajstić information content (AvgIpc) is 3.03. The van der Waals surface area contributed by atoms with Crippen LogP contribution in [-0.4, -0.2) is 31.9 Å². The predicted molar refractivity (Wildman–Crippen MR) is 94.5 cm³/mol. The maximum atomic E-state index is 11.9. The summed E-state index contributed by atoms with van der Waals surface area (Å²) in [5.41, 5.74) is 0.767. The van der Waals surface area contributed by atoms with Crippen LogP contribution in [0.3, 0.4) is 0 Å². The van der Waals surface area contributed by atoms with E-state index in [1.807, 2.05) is 0 Å². The zero-order chi connectivity index (χ0) is 18.7. The van der Waals surface area contributed by atoms with Crippen molar-refractivity contribution in [3.8, 4) is 28.7 Å². The van der Waals surface area contributed by atoms with Gasteiger partial charge in [0.2, 0.25) is 5.82 Å². The highest BCUT2D eigenvalue weighted by molar-refractivity contribution is 5.85. The molecule has 1 aromatic carbocycles. The number of pyridine rings is 1. The molecule has 3 rings (SSSR count). The van der Waals surface area contributed by atoms with Crippen LogP contribution in [0.1, 0.15) is 20.8 Å². The van der Waals surface area contributed by atoms with Crippen molar-refractivity contribution < 1.29 is 19.2 Å². The molecule has 2 aromatic heterocycles. The summed E-state index contributed by atoms with van der Waals surface area (Å²) < 4.78 is 10.5. The van der Waals surface area contributed by atoms with E-state index in [-0.39, 0.29) is 23.2 Å². The minimum atomic E-state index is -0.590. The lowest BCUT2D eigenvalue weighted by atomic mass is 10.2. The van der Waals surface area contributed by atoms with Gasteiger partial charge in [-0.1, -0.05) is 11.2 Å². The van der Waals surface area contributed by atoms with Gasteiger partial charge in [0.05, 0.1) is 0 Å². The number of hydrogen-bond acceptors (Lipinski definition) is 7. The summed E-state index contributed by atoms with van der Waals surface area (Å²) in [6, 6.07) is 9.99. The number of benzene rings is 1. The van der Waals surface area contributed by atoms with E-state index in [2.05, 4.69) is 20.4 Å². The third-order valence-electron chi connectivity index (χ3n) is 3.18. The van der Waals surface area contributed by atoms with Gasteiger partial charge in [0.1, 0.15) is 11.4 Å². The molecule has 0 bridgehead atoms. The molecule has 3 aromatic rings. The van der Waals surface area contributed by atoms with Crippen molar-refractivity contribution in [3.63, 3.8) is 0 Å². The topological polar surface area (TPSA) is 110 Å². The second kappa shape index (κ2) is 6.83. The number of anilines is 1. The lowest BCUT2D eigenvalue weighted by molar-refractivity contribution is 0.0636. The van der Waals surface area contributed by atoms with Gasteiger partial charge in [-0.05, 0) is 51.1 Å². The van der Waals surface area contributed by atoms with Crippen LogP contribution in [0.25, 0.3) is 23.0 Å². The Morgan fingerprint density at radius 3 is 2.77 bits per heavy atom. The van der Waals surface area contributed by atoms with Gasteiger partial charge in [-0.25, -0.2) is 9.78 Å². The molecule has 0 aliphatic rings. The zero-order valence-corrected chi connectivity index (χ0v) is 14.6. The molecule has 0 unspecified atom stereocenters. The minimum Gasteiger partial charge on any atom is -0.506 e. The third-order valence-corrected chi connectivity index (χ3v) is 3.18. The molecule has 0 saturated carbocycles. The van der Waals surface area contributed by atoms with Crippen molar-refractivity contribution in [1.82, 2.24) is 15.1 Å². The van der Waals surface area contributed by atoms with Crippen molar-refractivity contribution in [2.75, 3.05) is 5.32 Å². The lowest BCUT2D eigenvalue weighted by Gasteiger charge is -2.19. The molecule has 26 heavy (non-hydrogen) atoms. The molecule has 2 heterocycles. The van der Waals surface area contributed by atoms with Crippen LogP contribution in [-0.2, 0) is 4.74 Å². The number of nitrogens with one attached hydrogen (secondary N) is 1. The normalized spacial score (nSPS) is 11.2. The molecule has 0 saturated heterocycles. The second-order valence-corrected chi connectivity index (χ2v) is 6.50. The number of nitrogens with zero attached hydrogens (tertiary/aromatic N) is 3. The number of ether oxygens (including phenoxy) is 1. The monoisotopic (exact) mass is 354 g/mol. The van der Waals surface area contributed by atoms with Gasteiger partial charge in [-0.15, -0.1) is 0 Å². The number of amides is 1. The van der Waals surface area contributed by atoms with Gasteiger partial charge in [0, 0.05) is 17.4 Å². The number of hydrogen-bond donors (Lipinski definition) is 2. The second-order valence-electron chi connectivity index (χ2n) is 6.50. The summed E-state index contributed by atoms with van der Waals surface area (Å²) in [4.78, 5) is 20.2. The molecular weight excluding hydrogens is 336 g/mol. The Labute approximate surface area is 149 Å². The summed E-state index contributed by atoms with van der Waals surface area (Å²) >= 11 is 0. The molecule has 0 atom stereocenters. The molecule has 8 nitrogen and oxygen atoms in total. The summed E-state index contributed by atoms with van der Waals surface area (Å²) in [6.07, 6.45) is 0.968. The van der Waals surface area contributed by atoms with Gasteiger partial charge in [0.15, 0.2) is 5.69 Å². The first-order valence-electron chi connectivity index (χ1n) is 7.90. The van der Waals surface area contributed by atoms with E-state index in [4.69, 9.17) is 9.26 Å². The van der Waals surface area contributed by atoms with E-state index >= 15 is 0 Å². The average molecular weight is 354 g/mol. The smallest absolute Gasteiger partial charge is 0.412 e. The molecule has 0 fully saturated rings. The fraction of sp³-hybridized carbons (Fsp3) is 0.222. The zero-order valence-electron chi connectivity index (χ0n) is 14.6. The van der Waals surface area contributed by atoms with E-state index in [0.29, 0.717) is 11.3 Å². The van der Waals surface area contributed by atoms with Crippen molar-refractivity contribution >= 4 is 11.8 Å².